The topological polar surface area (TPSA) is 69.6 Å². The molecule has 1 aromatic carbocycles. The van der Waals surface area contributed by atoms with E-state index >= 15 is 0 Å². The molecule has 2 unspecified atom stereocenters. The minimum atomic E-state index is -0.936. The van der Waals surface area contributed by atoms with Crippen LogP contribution in [0.4, 0.5) is 5.69 Å². The Bertz CT molecular complexity index is 464. The lowest BCUT2D eigenvalue weighted by Gasteiger charge is -2.18. The fraction of sp³-hybridized carbons (Fsp3) is 0.500. The first-order valence-electron chi connectivity index (χ1n) is 6.49. The van der Waals surface area contributed by atoms with Crippen molar-refractivity contribution in [2.75, 3.05) is 18.5 Å². The normalized spacial score (nSPS) is 22.4. The molecule has 5 heteroatoms. The number of hydrogen-bond acceptors (Lipinski definition) is 3. The lowest BCUT2D eigenvalue weighted by Crippen LogP contribution is -2.20. The van der Waals surface area contributed by atoms with Gasteiger partial charge in [0.05, 0.1) is 5.56 Å². The summed E-state index contributed by atoms with van der Waals surface area (Å²) in [6, 6.07) is 5.15. The molecule has 1 aliphatic rings. The third-order valence-electron chi connectivity index (χ3n) is 3.82. The molecule has 0 saturated heterocycles. The molecule has 1 aromatic rings. The summed E-state index contributed by atoms with van der Waals surface area (Å²) in [5.74, 6) is -0.0354. The summed E-state index contributed by atoms with van der Waals surface area (Å²) in [6.07, 6.45) is 3.43. The number of aliphatic hydroxyl groups is 1. The van der Waals surface area contributed by atoms with Crippen LogP contribution in [0.1, 0.15) is 29.6 Å². The summed E-state index contributed by atoms with van der Waals surface area (Å²) in [7, 11) is 0. The number of anilines is 1. The largest absolute Gasteiger partial charge is 0.478 e. The molecule has 0 spiro atoms. The van der Waals surface area contributed by atoms with Crippen molar-refractivity contribution in [1.29, 1.82) is 0 Å². The Labute approximate surface area is 121 Å². The van der Waals surface area contributed by atoms with E-state index in [0.717, 1.165) is 25.1 Å². The van der Waals surface area contributed by atoms with Crippen molar-refractivity contribution in [2.45, 2.75) is 19.3 Å². The van der Waals surface area contributed by atoms with Crippen molar-refractivity contribution in [1.82, 2.24) is 0 Å². The van der Waals surface area contributed by atoms with Gasteiger partial charge in [-0.25, -0.2) is 4.79 Å². The minimum absolute atomic E-state index is 0.258. The second-order valence-electron chi connectivity index (χ2n) is 5.01. The Kier molecular flexibility index (Phi) is 4.82. The zero-order valence-corrected chi connectivity index (χ0v) is 12.2. The van der Waals surface area contributed by atoms with E-state index in [4.69, 9.17) is 5.11 Å². The van der Waals surface area contributed by atoms with E-state index in [2.05, 4.69) is 21.2 Å². The standard InChI is InChI=1S/C14H18BrNO3/c15-13-6-11(4-5-12(13)14(18)19)16-7-9-2-1-3-10(9)8-17/h4-6,9-10,16-17H,1-3,7-8H2,(H,18,19). The van der Waals surface area contributed by atoms with Gasteiger partial charge in [0.15, 0.2) is 0 Å². The third kappa shape index (κ3) is 3.48. The lowest BCUT2D eigenvalue weighted by molar-refractivity contribution is 0.0696. The van der Waals surface area contributed by atoms with Crippen LogP contribution in [0.15, 0.2) is 22.7 Å². The Morgan fingerprint density at radius 1 is 1.37 bits per heavy atom. The predicted molar refractivity (Wildman–Crippen MR) is 77.5 cm³/mol. The summed E-state index contributed by atoms with van der Waals surface area (Å²) >= 11 is 3.27. The summed E-state index contributed by atoms with van der Waals surface area (Å²) < 4.78 is 0.579. The number of rotatable bonds is 5. The second-order valence-corrected chi connectivity index (χ2v) is 5.87. The van der Waals surface area contributed by atoms with Crippen molar-refractivity contribution < 1.29 is 15.0 Å². The highest BCUT2D eigenvalue weighted by Gasteiger charge is 2.26. The fourth-order valence-corrected chi connectivity index (χ4v) is 3.22. The van der Waals surface area contributed by atoms with E-state index in [9.17, 15) is 9.90 Å². The number of nitrogens with one attached hydrogen (secondary N) is 1. The lowest BCUT2D eigenvalue weighted by atomic mass is 9.97. The van der Waals surface area contributed by atoms with Crippen LogP contribution in [0.5, 0.6) is 0 Å². The molecule has 2 atom stereocenters. The van der Waals surface area contributed by atoms with Crippen LogP contribution >= 0.6 is 15.9 Å². The number of aromatic carboxylic acids is 1. The molecule has 4 nitrogen and oxygen atoms in total. The van der Waals surface area contributed by atoms with Gasteiger partial charge >= 0.3 is 5.97 Å². The number of benzene rings is 1. The van der Waals surface area contributed by atoms with Gasteiger partial charge in [0.1, 0.15) is 0 Å². The molecule has 104 valence electrons. The maximum atomic E-state index is 10.9. The molecular formula is C14H18BrNO3. The van der Waals surface area contributed by atoms with Gasteiger partial charge in [-0.1, -0.05) is 6.42 Å². The highest BCUT2D eigenvalue weighted by Crippen LogP contribution is 2.31. The van der Waals surface area contributed by atoms with Gasteiger partial charge in [-0.3, -0.25) is 0 Å². The van der Waals surface area contributed by atoms with Crippen LogP contribution < -0.4 is 5.32 Å². The van der Waals surface area contributed by atoms with Crippen LogP contribution in [-0.2, 0) is 0 Å². The molecule has 0 heterocycles. The zero-order chi connectivity index (χ0) is 13.8. The van der Waals surface area contributed by atoms with Crippen molar-refractivity contribution in [2.24, 2.45) is 11.8 Å². The van der Waals surface area contributed by atoms with Crippen molar-refractivity contribution in [3.63, 3.8) is 0 Å². The number of aliphatic hydroxyl groups excluding tert-OH is 1. The van der Waals surface area contributed by atoms with Crippen molar-refractivity contribution >= 4 is 27.6 Å². The SMILES string of the molecule is O=C(O)c1ccc(NCC2CCCC2CO)cc1Br. The number of carboxylic acid groups (broad SMARTS) is 1. The number of halogens is 1. The summed E-state index contributed by atoms with van der Waals surface area (Å²) in [4.78, 5) is 10.9. The monoisotopic (exact) mass is 327 g/mol. The highest BCUT2D eigenvalue weighted by molar-refractivity contribution is 9.10. The summed E-state index contributed by atoms with van der Waals surface area (Å²) in [6.45, 7) is 1.08. The quantitative estimate of drug-likeness (QED) is 0.777. The number of hydrogen-bond donors (Lipinski definition) is 3. The molecule has 0 amide bonds. The molecule has 19 heavy (non-hydrogen) atoms. The maximum absolute atomic E-state index is 10.9. The molecule has 3 N–H and O–H groups in total. The van der Waals surface area contributed by atoms with E-state index in [1.54, 1.807) is 18.2 Å². The minimum Gasteiger partial charge on any atom is -0.478 e. The van der Waals surface area contributed by atoms with Crippen molar-refractivity contribution in [3.8, 4) is 0 Å². The molecular weight excluding hydrogens is 310 g/mol. The van der Waals surface area contributed by atoms with Crippen molar-refractivity contribution in [3.05, 3.63) is 28.2 Å². The van der Waals surface area contributed by atoms with Gasteiger partial charge in [0, 0.05) is 23.3 Å². The maximum Gasteiger partial charge on any atom is 0.336 e. The van der Waals surface area contributed by atoms with Crippen LogP contribution in [0.3, 0.4) is 0 Å². The molecule has 0 bridgehead atoms. The molecule has 1 saturated carbocycles. The van der Waals surface area contributed by atoms with Gasteiger partial charge in [-0.05, 0) is 58.8 Å². The smallest absolute Gasteiger partial charge is 0.336 e. The Morgan fingerprint density at radius 2 is 2.11 bits per heavy atom. The Morgan fingerprint density at radius 3 is 2.74 bits per heavy atom. The van der Waals surface area contributed by atoms with E-state index < -0.39 is 5.97 Å². The van der Waals surface area contributed by atoms with E-state index in [-0.39, 0.29) is 12.2 Å². The first kappa shape index (κ1) is 14.3. The second kappa shape index (κ2) is 6.39. The number of carboxylic acids is 1. The van der Waals surface area contributed by atoms with E-state index in [0.29, 0.717) is 16.3 Å². The van der Waals surface area contributed by atoms with Gasteiger partial charge in [-0.2, -0.15) is 0 Å². The van der Waals surface area contributed by atoms with Crippen LogP contribution in [0.2, 0.25) is 0 Å². The molecule has 0 aromatic heterocycles. The average Bonchev–Trinajstić information content (AvgIpc) is 2.83. The first-order chi connectivity index (χ1) is 9.11. The first-order valence-corrected chi connectivity index (χ1v) is 7.28. The van der Waals surface area contributed by atoms with Gasteiger partial charge < -0.3 is 15.5 Å². The van der Waals surface area contributed by atoms with Crippen LogP contribution in [-0.4, -0.2) is 29.3 Å². The summed E-state index contributed by atoms with van der Waals surface area (Å²) in [5.41, 5.74) is 1.17. The number of carbonyl (C=O) groups is 1. The van der Waals surface area contributed by atoms with Crippen LogP contribution in [0, 0.1) is 11.8 Å². The molecule has 1 fully saturated rings. The Hall–Kier alpha value is -1.07. The summed E-state index contributed by atoms with van der Waals surface area (Å²) in [5, 5.41) is 21.5. The Balaban J connectivity index is 1.96. The average molecular weight is 328 g/mol. The highest BCUT2D eigenvalue weighted by atomic mass is 79.9. The fourth-order valence-electron chi connectivity index (χ4n) is 2.67. The zero-order valence-electron chi connectivity index (χ0n) is 10.6. The molecule has 0 radical (unpaired) electrons. The molecule has 0 aliphatic heterocycles. The molecule has 2 rings (SSSR count). The van der Waals surface area contributed by atoms with Gasteiger partial charge in [0.25, 0.3) is 0 Å². The van der Waals surface area contributed by atoms with E-state index in [1.165, 1.54) is 6.42 Å². The van der Waals surface area contributed by atoms with Crippen LogP contribution in [0.25, 0.3) is 0 Å². The van der Waals surface area contributed by atoms with Gasteiger partial charge in [-0.15, -0.1) is 0 Å². The predicted octanol–water partition coefficient (Wildman–Crippen LogP) is 2.97. The van der Waals surface area contributed by atoms with E-state index in [1.807, 2.05) is 0 Å². The third-order valence-corrected chi connectivity index (χ3v) is 4.47. The molecule has 1 aliphatic carbocycles. The van der Waals surface area contributed by atoms with Gasteiger partial charge in [0.2, 0.25) is 0 Å².